The van der Waals surface area contributed by atoms with E-state index in [1.807, 2.05) is 24.6 Å². The van der Waals surface area contributed by atoms with Crippen LogP contribution in [-0.2, 0) is 0 Å². The zero-order valence-corrected chi connectivity index (χ0v) is 14.6. The summed E-state index contributed by atoms with van der Waals surface area (Å²) in [7, 11) is 0. The lowest BCUT2D eigenvalue weighted by Gasteiger charge is -2.32. The molecule has 4 heterocycles. The van der Waals surface area contributed by atoms with Crippen molar-refractivity contribution >= 4 is 5.82 Å². The van der Waals surface area contributed by atoms with E-state index in [4.69, 9.17) is 0 Å². The Balaban J connectivity index is 1.44. The number of aryl methyl sites for hydroxylation is 2. The smallest absolute Gasteiger partial charge is 0.176 e. The molecule has 2 aliphatic heterocycles. The minimum absolute atomic E-state index is 0.683. The van der Waals surface area contributed by atoms with Gasteiger partial charge in [0.1, 0.15) is 0 Å². The van der Waals surface area contributed by atoms with E-state index in [0.29, 0.717) is 6.04 Å². The van der Waals surface area contributed by atoms with E-state index in [-0.39, 0.29) is 0 Å². The summed E-state index contributed by atoms with van der Waals surface area (Å²) in [5.41, 5.74) is 2.09. The molecule has 128 valence electrons. The van der Waals surface area contributed by atoms with Gasteiger partial charge in [-0.1, -0.05) is 6.42 Å². The molecule has 2 aromatic rings. The standard InChI is InChI=1S/C18H26N6/c1-14-12-15(2)24(21-14)18-7-6-17(19-20-18)23-11-8-16(13-23)22-9-4-3-5-10-22/h6-7,12,16H,3-5,8-11,13H2,1-2H3/t16-/m1/s1. The number of hydrogen-bond donors (Lipinski definition) is 0. The number of hydrogen-bond acceptors (Lipinski definition) is 5. The normalized spacial score (nSPS) is 22.2. The lowest BCUT2D eigenvalue weighted by molar-refractivity contribution is 0.175. The van der Waals surface area contributed by atoms with E-state index in [1.165, 1.54) is 38.8 Å². The molecule has 2 saturated heterocycles. The third-order valence-electron chi connectivity index (χ3n) is 5.26. The molecule has 1 atom stereocenters. The van der Waals surface area contributed by atoms with Crippen molar-refractivity contribution in [1.82, 2.24) is 24.9 Å². The molecule has 0 aliphatic carbocycles. The molecule has 0 amide bonds. The molecule has 0 spiro atoms. The first-order valence-corrected chi connectivity index (χ1v) is 9.07. The van der Waals surface area contributed by atoms with Crippen LogP contribution in [0.4, 0.5) is 5.82 Å². The zero-order valence-electron chi connectivity index (χ0n) is 14.6. The Morgan fingerprint density at radius 1 is 0.958 bits per heavy atom. The lowest BCUT2D eigenvalue weighted by Crippen LogP contribution is -2.41. The molecule has 0 bridgehead atoms. The van der Waals surface area contributed by atoms with E-state index in [9.17, 15) is 0 Å². The maximum atomic E-state index is 4.47. The Bertz CT molecular complexity index is 686. The van der Waals surface area contributed by atoms with Crippen molar-refractivity contribution in [3.05, 3.63) is 29.6 Å². The van der Waals surface area contributed by atoms with Gasteiger partial charge in [0.05, 0.1) is 5.69 Å². The van der Waals surface area contributed by atoms with Gasteiger partial charge in [-0.15, -0.1) is 10.2 Å². The van der Waals surface area contributed by atoms with Crippen LogP contribution in [0, 0.1) is 13.8 Å². The van der Waals surface area contributed by atoms with Crippen LogP contribution in [0.1, 0.15) is 37.1 Å². The van der Waals surface area contributed by atoms with E-state index in [1.54, 1.807) is 0 Å². The first-order chi connectivity index (χ1) is 11.7. The quantitative estimate of drug-likeness (QED) is 0.866. The molecule has 0 saturated carbocycles. The molecular formula is C18H26N6. The number of aromatic nitrogens is 4. The first kappa shape index (κ1) is 15.6. The van der Waals surface area contributed by atoms with Crippen LogP contribution in [-0.4, -0.2) is 57.1 Å². The second-order valence-electron chi connectivity index (χ2n) is 7.07. The first-order valence-electron chi connectivity index (χ1n) is 9.07. The van der Waals surface area contributed by atoms with Gasteiger partial charge in [-0.25, -0.2) is 4.68 Å². The largest absolute Gasteiger partial charge is 0.353 e. The van der Waals surface area contributed by atoms with E-state index < -0.39 is 0 Å². The van der Waals surface area contributed by atoms with Crippen LogP contribution in [0.15, 0.2) is 18.2 Å². The van der Waals surface area contributed by atoms with Crippen LogP contribution < -0.4 is 4.90 Å². The Morgan fingerprint density at radius 3 is 2.38 bits per heavy atom. The second-order valence-corrected chi connectivity index (χ2v) is 7.07. The SMILES string of the molecule is Cc1cc(C)n(-c2ccc(N3CC[C@@H](N4CCCCC4)C3)nn2)n1. The maximum Gasteiger partial charge on any atom is 0.176 e. The summed E-state index contributed by atoms with van der Waals surface area (Å²) in [5.74, 6) is 1.77. The van der Waals surface area contributed by atoms with Crippen molar-refractivity contribution in [2.24, 2.45) is 0 Å². The summed E-state index contributed by atoms with van der Waals surface area (Å²) in [6.07, 6.45) is 5.34. The predicted octanol–water partition coefficient (Wildman–Crippen LogP) is 2.34. The van der Waals surface area contributed by atoms with Crippen LogP contribution >= 0.6 is 0 Å². The summed E-state index contributed by atoms with van der Waals surface area (Å²) < 4.78 is 1.85. The van der Waals surface area contributed by atoms with E-state index in [0.717, 1.165) is 36.1 Å². The molecule has 4 rings (SSSR count). The third kappa shape index (κ3) is 3.02. The highest BCUT2D eigenvalue weighted by molar-refractivity contribution is 5.41. The minimum atomic E-state index is 0.683. The molecule has 0 radical (unpaired) electrons. The van der Waals surface area contributed by atoms with Gasteiger partial charge in [-0.2, -0.15) is 5.10 Å². The van der Waals surface area contributed by atoms with Crippen LogP contribution in [0.5, 0.6) is 0 Å². The van der Waals surface area contributed by atoms with Gasteiger partial charge in [0, 0.05) is 24.8 Å². The van der Waals surface area contributed by atoms with Gasteiger partial charge < -0.3 is 4.90 Å². The predicted molar refractivity (Wildman–Crippen MR) is 94.7 cm³/mol. The highest BCUT2D eigenvalue weighted by Gasteiger charge is 2.29. The molecule has 2 aromatic heterocycles. The van der Waals surface area contributed by atoms with Crippen molar-refractivity contribution in [1.29, 1.82) is 0 Å². The van der Waals surface area contributed by atoms with Crippen LogP contribution in [0.3, 0.4) is 0 Å². The van der Waals surface area contributed by atoms with Crippen molar-refractivity contribution < 1.29 is 0 Å². The number of likely N-dealkylation sites (tertiary alicyclic amines) is 1. The Labute approximate surface area is 143 Å². The Morgan fingerprint density at radius 2 is 1.71 bits per heavy atom. The van der Waals surface area contributed by atoms with Gasteiger partial charge in [-0.3, -0.25) is 4.90 Å². The fourth-order valence-electron chi connectivity index (χ4n) is 3.99. The molecule has 24 heavy (non-hydrogen) atoms. The maximum absolute atomic E-state index is 4.47. The van der Waals surface area contributed by atoms with Crippen LogP contribution in [0.25, 0.3) is 5.82 Å². The monoisotopic (exact) mass is 326 g/mol. The van der Waals surface area contributed by atoms with E-state index >= 15 is 0 Å². The third-order valence-corrected chi connectivity index (χ3v) is 5.26. The van der Waals surface area contributed by atoms with Gasteiger partial charge >= 0.3 is 0 Å². The topological polar surface area (TPSA) is 50.1 Å². The fraction of sp³-hybridized carbons (Fsp3) is 0.611. The lowest BCUT2D eigenvalue weighted by atomic mass is 10.1. The highest BCUT2D eigenvalue weighted by atomic mass is 15.4. The molecular weight excluding hydrogens is 300 g/mol. The molecule has 2 fully saturated rings. The minimum Gasteiger partial charge on any atom is -0.353 e. The van der Waals surface area contributed by atoms with Crippen molar-refractivity contribution in [2.45, 2.75) is 45.6 Å². The number of nitrogens with zero attached hydrogens (tertiary/aromatic N) is 6. The summed E-state index contributed by atoms with van der Waals surface area (Å²) in [6.45, 7) is 8.72. The number of piperidine rings is 1. The molecule has 6 nitrogen and oxygen atoms in total. The van der Waals surface area contributed by atoms with Gasteiger partial charge in [-0.05, 0) is 64.4 Å². The van der Waals surface area contributed by atoms with Crippen molar-refractivity contribution in [3.8, 4) is 5.82 Å². The van der Waals surface area contributed by atoms with Gasteiger partial charge in [0.25, 0.3) is 0 Å². The van der Waals surface area contributed by atoms with Gasteiger partial charge in [0.2, 0.25) is 0 Å². The molecule has 0 aromatic carbocycles. The van der Waals surface area contributed by atoms with E-state index in [2.05, 4.69) is 37.2 Å². The second kappa shape index (κ2) is 6.51. The average molecular weight is 326 g/mol. The zero-order chi connectivity index (χ0) is 16.5. The van der Waals surface area contributed by atoms with Crippen molar-refractivity contribution in [3.63, 3.8) is 0 Å². The number of anilines is 1. The summed E-state index contributed by atoms with van der Waals surface area (Å²) >= 11 is 0. The summed E-state index contributed by atoms with van der Waals surface area (Å²) in [4.78, 5) is 5.04. The molecule has 0 N–H and O–H groups in total. The van der Waals surface area contributed by atoms with Crippen LogP contribution in [0.2, 0.25) is 0 Å². The fourth-order valence-corrected chi connectivity index (χ4v) is 3.99. The van der Waals surface area contributed by atoms with Crippen molar-refractivity contribution in [2.75, 3.05) is 31.1 Å². The van der Waals surface area contributed by atoms with Gasteiger partial charge in [0.15, 0.2) is 11.6 Å². The Hall–Kier alpha value is -1.95. The molecule has 2 aliphatic rings. The Kier molecular flexibility index (Phi) is 4.22. The highest BCUT2D eigenvalue weighted by Crippen LogP contribution is 2.24. The average Bonchev–Trinajstić information content (AvgIpc) is 3.22. The summed E-state index contributed by atoms with van der Waals surface area (Å²) in [5, 5.41) is 13.3. The molecule has 0 unspecified atom stereocenters. The molecule has 6 heteroatoms. The summed E-state index contributed by atoms with van der Waals surface area (Å²) in [6, 6.07) is 6.84. The number of rotatable bonds is 3.